The maximum Gasteiger partial charge on any atom is 0.253 e. The molecule has 0 aliphatic carbocycles. The molecule has 0 saturated carbocycles. The van der Waals surface area contributed by atoms with Crippen molar-refractivity contribution < 1.29 is 19.1 Å². The van der Waals surface area contributed by atoms with E-state index in [0.29, 0.717) is 37.1 Å². The van der Waals surface area contributed by atoms with Crippen molar-refractivity contribution in [2.75, 3.05) is 60.1 Å². The fourth-order valence-electron chi connectivity index (χ4n) is 5.83. The van der Waals surface area contributed by atoms with Crippen molar-refractivity contribution in [2.45, 2.75) is 25.3 Å². The zero-order valence-electron chi connectivity index (χ0n) is 18.3. The molecule has 1 aromatic rings. The fraction of sp³-hybridized carbons (Fsp3) is 0.652. The Labute approximate surface area is 178 Å². The monoisotopic (exact) mass is 415 g/mol. The molecular weight excluding hydrogens is 382 g/mol. The Hall–Kier alpha value is -2.12. The fourth-order valence-corrected chi connectivity index (χ4v) is 5.83. The third-order valence-electron chi connectivity index (χ3n) is 7.39. The van der Waals surface area contributed by atoms with Crippen LogP contribution in [0, 0.1) is 11.8 Å². The highest BCUT2D eigenvalue weighted by Crippen LogP contribution is 2.49. The summed E-state index contributed by atoms with van der Waals surface area (Å²) >= 11 is 0. The van der Waals surface area contributed by atoms with Crippen LogP contribution in [-0.2, 0) is 9.53 Å². The first-order valence-electron chi connectivity index (χ1n) is 11.0. The summed E-state index contributed by atoms with van der Waals surface area (Å²) in [4.78, 5) is 32.6. The average molecular weight is 416 g/mol. The normalized spacial score (nSPS) is 25.8. The number of carbonyl (C=O) groups excluding carboxylic acids is 2. The summed E-state index contributed by atoms with van der Waals surface area (Å²) in [6.45, 7) is 7.56. The quantitative estimate of drug-likeness (QED) is 0.708. The lowest BCUT2D eigenvalue weighted by Gasteiger charge is -2.47. The van der Waals surface area contributed by atoms with E-state index < -0.39 is 0 Å². The molecule has 7 heteroatoms. The molecule has 30 heavy (non-hydrogen) atoms. The van der Waals surface area contributed by atoms with Crippen LogP contribution in [0.5, 0.6) is 5.75 Å². The van der Waals surface area contributed by atoms with Crippen LogP contribution in [0.15, 0.2) is 24.3 Å². The lowest BCUT2D eigenvalue weighted by atomic mass is 9.74. The highest BCUT2D eigenvalue weighted by Gasteiger charge is 2.61. The average Bonchev–Trinajstić information content (AvgIpc) is 3.30. The van der Waals surface area contributed by atoms with Crippen LogP contribution in [0.4, 0.5) is 0 Å². The van der Waals surface area contributed by atoms with Gasteiger partial charge in [-0.2, -0.15) is 0 Å². The summed E-state index contributed by atoms with van der Waals surface area (Å²) in [6.07, 6.45) is 1.71. The molecule has 3 fully saturated rings. The van der Waals surface area contributed by atoms with Gasteiger partial charge in [0.1, 0.15) is 5.75 Å². The van der Waals surface area contributed by atoms with Crippen molar-refractivity contribution in [3.8, 4) is 5.75 Å². The van der Waals surface area contributed by atoms with E-state index in [0.717, 1.165) is 44.8 Å². The Morgan fingerprint density at radius 2 is 1.83 bits per heavy atom. The Morgan fingerprint density at radius 3 is 2.43 bits per heavy atom. The van der Waals surface area contributed by atoms with Gasteiger partial charge in [0.2, 0.25) is 5.91 Å². The van der Waals surface area contributed by atoms with Crippen LogP contribution in [0.3, 0.4) is 0 Å². The van der Waals surface area contributed by atoms with Gasteiger partial charge in [0.05, 0.1) is 25.2 Å². The van der Waals surface area contributed by atoms with Crippen molar-refractivity contribution in [2.24, 2.45) is 11.8 Å². The zero-order chi connectivity index (χ0) is 21.3. The summed E-state index contributed by atoms with van der Waals surface area (Å²) in [5.41, 5.74) is 0.570. The molecule has 164 valence electrons. The predicted molar refractivity (Wildman–Crippen MR) is 114 cm³/mol. The van der Waals surface area contributed by atoms with Gasteiger partial charge in [0, 0.05) is 57.9 Å². The summed E-state index contributed by atoms with van der Waals surface area (Å²) < 4.78 is 10.4. The van der Waals surface area contributed by atoms with E-state index in [-0.39, 0.29) is 17.4 Å². The standard InChI is InChI=1S/C23H33N3O4/c1-4-26-22(28)19-15-24(13-14-29-2)16-20(19)23(26)9-11-25(12-10-23)21(27)17-5-7-18(30-3)8-6-17/h5-8,19-20H,4,9-16H2,1-3H3/t19-,20+/m0/s1. The molecule has 0 bridgehead atoms. The molecular formula is C23H33N3O4. The third-order valence-corrected chi connectivity index (χ3v) is 7.39. The number of fused-ring (bicyclic) bond motifs is 2. The first kappa shape index (κ1) is 21.1. The molecule has 3 aliphatic heterocycles. The second-order valence-corrected chi connectivity index (χ2v) is 8.67. The van der Waals surface area contributed by atoms with E-state index in [4.69, 9.17) is 9.47 Å². The van der Waals surface area contributed by atoms with E-state index >= 15 is 0 Å². The third kappa shape index (κ3) is 3.48. The highest BCUT2D eigenvalue weighted by atomic mass is 16.5. The van der Waals surface area contributed by atoms with E-state index in [1.54, 1.807) is 14.2 Å². The number of carbonyl (C=O) groups is 2. The number of likely N-dealkylation sites (tertiary alicyclic amines) is 3. The van der Waals surface area contributed by atoms with Crippen LogP contribution in [0.1, 0.15) is 30.1 Å². The number of benzene rings is 1. The molecule has 0 radical (unpaired) electrons. The number of piperidine rings is 1. The van der Waals surface area contributed by atoms with Crippen LogP contribution in [-0.4, -0.2) is 92.1 Å². The molecule has 3 saturated heterocycles. The summed E-state index contributed by atoms with van der Waals surface area (Å²) in [5.74, 6) is 1.55. The Kier molecular flexibility index (Phi) is 6.02. The number of amides is 2. The first-order valence-corrected chi connectivity index (χ1v) is 11.0. The number of hydrogen-bond acceptors (Lipinski definition) is 5. The highest BCUT2D eigenvalue weighted by molar-refractivity contribution is 5.94. The van der Waals surface area contributed by atoms with Crippen LogP contribution in [0.2, 0.25) is 0 Å². The van der Waals surface area contributed by atoms with Gasteiger partial charge in [0.25, 0.3) is 5.91 Å². The van der Waals surface area contributed by atoms with Crippen molar-refractivity contribution in [1.29, 1.82) is 0 Å². The molecule has 0 aromatic heterocycles. The Balaban J connectivity index is 1.47. The Bertz CT molecular complexity index is 773. The van der Waals surface area contributed by atoms with E-state index in [2.05, 4.69) is 16.7 Å². The lowest BCUT2D eigenvalue weighted by molar-refractivity contribution is -0.135. The van der Waals surface area contributed by atoms with Gasteiger partial charge < -0.3 is 19.3 Å². The van der Waals surface area contributed by atoms with Crippen molar-refractivity contribution in [3.05, 3.63) is 29.8 Å². The zero-order valence-corrected chi connectivity index (χ0v) is 18.3. The molecule has 0 unspecified atom stereocenters. The van der Waals surface area contributed by atoms with E-state index in [1.165, 1.54) is 0 Å². The number of nitrogens with zero attached hydrogens (tertiary/aromatic N) is 3. The molecule has 1 aromatic carbocycles. The van der Waals surface area contributed by atoms with Crippen LogP contribution in [0.25, 0.3) is 0 Å². The number of rotatable bonds is 6. The van der Waals surface area contributed by atoms with Gasteiger partial charge in [-0.3, -0.25) is 14.5 Å². The van der Waals surface area contributed by atoms with Gasteiger partial charge in [-0.15, -0.1) is 0 Å². The van der Waals surface area contributed by atoms with Crippen molar-refractivity contribution in [1.82, 2.24) is 14.7 Å². The summed E-state index contributed by atoms with van der Waals surface area (Å²) in [6, 6.07) is 7.29. The second kappa shape index (κ2) is 8.55. The number of methoxy groups -OCH3 is 2. The van der Waals surface area contributed by atoms with E-state index in [9.17, 15) is 9.59 Å². The maximum atomic E-state index is 13.2. The number of ether oxygens (including phenoxy) is 2. The van der Waals surface area contributed by atoms with Gasteiger partial charge in [-0.25, -0.2) is 0 Å². The molecule has 4 rings (SSSR count). The molecule has 3 aliphatic rings. The van der Waals surface area contributed by atoms with Gasteiger partial charge >= 0.3 is 0 Å². The largest absolute Gasteiger partial charge is 0.497 e. The molecule has 1 spiro atoms. The topological polar surface area (TPSA) is 62.3 Å². The van der Waals surface area contributed by atoms with Crippen molar-refractivity contribution in [3.63, 3.8) is 0 Å². The Morgan fingerprint density at radius 1 is 1.13 bits per heavy atom. The molecule has 2 amide bonds. The predicted octanol–water partition coefficient (Wildman–Crippen LogP) is 1.73. The molecule has 3 heterocycles. The van der Waals surface area contributed by atoms with Gasteiger partial charge in [-0.05, 0) is 44.0 Å². The SMILES string of the molecule is CCN1C(=O)[C@H]2CN(CCOC)C[C@H]2C12CCN(C(=O)c1ccc(OC)cc1)CC2. The molecule has 2 atom stereocenters. The first-order chi connectivity index (χ1) is 14.5. The lowest BCUT2D eigenvalue weighted by Crippen LogP contribution is -2.57. The minimum Gasteiger partial charge on any atom is -0.497 e. The summed E-state index contributed by atoms with van der Waals surface area (Å²) in [5, 5.41) is 0. The minimum atomic E-state index is -0.116. The minimum absolute atomic E-state index is 0.0598. The van der Waals surface area contributed by atoms with E-state index in [1.807, 2.05) is 29.2 Å². The van der Waals surface area contributed by atoms with Crippen LogP contribution >= 0.6 is 0 Å². The second-order valence-electron chi connectivity index (χ2n) is 8.67. The van der Waals surface area contributed by atoms with Crippen LogP contribution < -0.4 is 4.74 Å². The molecule has 7 nitrogen and oxygen atoms in total. The smallest absolute Gasteiger partial charge is 0.253 e. The van der Waals surface area contributed by atoms with Gasteiger partial charge in [-0.1, -0.05) is 0 Å². The van der Waals surface area contributed by atoms with Gasteiger partial charge in [0.15, 0.2) is 0 Å². The maximum absolute atomic E-state index is 13.2. The summed E-state index contributed by atoms with van der Waals surface area (Å²) in [7, 11) is 3.34. The number of hydrogen-bond donors (Lipinski definition) is 0. The molecule has 0 N–H and O–H groups in total. The van der Waals surface area contributed by atoms with Crippen molar-refractivity contribution >= 4 is 11.8 Å².